The second-order valence-corrected chi connectivity index (χ2v) is 8.59. The van der Waals surface area contributed by atoms with Crippen LogP contribution in [-0.4, -0.2) is 37.3 Å². The Morgan fingerprint density at radius 1 is 1.23 bits per heavy atom. The van der Waals surface area contributed by atoms with E-state index in [0.29, 0.717) is 18.6 Å². The fourth-order valence-corrected chi connectivity index (χ4v) is 4.80. The summed E-state index contributed by atoms with van der Waals surface area (Å²) in [5.74, 6) is 4.69. The topological polar surface area (TPSA) is 30.5 Å². The van der Waals surface area contributed by atoms with Gasteiger partial charge in [-0.05, 0) is 43.7 Å². The maximum atomic E-state index is 5.96. The highest BCUT2D eigenvalue weighted by Gasteiger charge is 2.18. The second kappa shape index (κ2) is 10.1. The summed E-state index contributed by atoms with van der Waals surface area (Å²) in [6, 6.07) is 17.0. The van der Waals surface area contributed by atoms with Crippen LogP contribution in [0.25, 0.3) is 0 Å². The molecule has 0 spiro atoms. The van der Waals surface area contributed by atoms with Gasteiger partial charge in [-0.1, -0.05) is 31.2 Å². The van der Waals surface area contributed by atoms with Gasteiger partial charge in [0.1, 0.15) is 18.1 Å². The van der Waals surface area contributed by atoms with Crippen LogP contribution in [0.3, 0.4) is 0 Å². The van der Waals surface area contributed by atoms with Crippen LogP contribution in [0.2, 0.25) is 0 Å². The minimum Gasteiger partial charge on any atom is -0.493 e. The minimum atomic E-state index is 0.385. The average Bonchev–Trinajstić information content (AvgIpc) is 2.88. The van der Waals surface area contributed by atoms with Gasteiger partial charge in [0.25, 0.3) is 0 Å². The molecule has 0 fully saturated rings. The van der Waals surface area contributed by atoms with Crippen molar-refractivity contribution in [2.24, 2.45) is 5.92 Å². The zero-order valence-electron chi connectivity index (χ0n) is 15.4. The van der Waals surface area contributed by atoms with E-state index in [1.165, 1.54) is 9.79 Å². The number of hydrogen-bond acceptors (Lipinski definition) is 5. The molecular formula is C21H27NO2S2. The van der Waals surface area contributed by atoms with Crippen molar-refractivity contribution in [3.05, 3.63) is 48.5 Å². The Labute approximate surface area is 165 Å². The summed E-state index contributed by atoms with van der Waals surface area (Å²) in [5, 5.41) is 3.68. The van der Waals surface area contributed by atoms with Gasteiger partial charge in [-0.2, -0.15) is 0 Å². The molecule has 0 saturated carbocycles. The minimum absolute atomic E-state index is 0.385. The zero-order chi connectivity index (χ0) is 18.2. The van der Waals surface area contributed by atoms with E-state index >= 15 is 0 Å². The number of para-hydroxylation sites is 2. The van der Waals surface area contributed by atoms with Gasteiger partial charge in [-0.3, -0.25) is 0 Å². The standard InChI is InChI=1S/C21H27NO2S2/c1-3-23-18-8-4-6-10-20(18)25-14-16(2)12-22-17-13-24-19-9-5-7-11-21(19)26-15-17/h4-11,16-17,22H,3,12-15H2,1-2H3/t16-,17+/m0/s1. The summed E-state index contributed by atoms with van der Waals surface area (Å²) in [5.41, 5.74) is 0. The summed E-state index contributed by atoms with van der Waals surface area (Å²) in [6.45, 7) is 6.75. The molecule has 2 aromatic rings. The van der Waals surface area contributed by atoms with E-state index in [1.807, 2.05) is 48.6 Å². The first-order chi connectivity index (χ1) is 12.8. The van der Waals surface area contributed by atoms with E-state index in [0.717, 1.165) is 36.2 Å². The van der Waals surface area contributed by atoms with Crippen molar-refractivity contribution in [1.29, 1.82) is 0 Å². The molecule has 5 heteroatoms. The quantitative estimate of drug-likeness (QED) is 0.645. The predicted molar refractivity (Wildman–Crippen MR) is 112 cm³/mol. The van der Waals surface area contributed by atoms with E-state index < -0.39 is 0 Å². The number of nitrogens with one attached hydrogen (secondary N) is 1. The molecule has 0 bridgehead atoms. The fraction of sp³-hybridized carbons (Fsp3) is 0.429. The van der Waals surface area contributed by atoms with E-state index in [-0.39, 0.29) is 0 Å². The molecule has 140 valence electrons. The van der Waals surface area contributed by atoms with Crippen molar-refractivity contribution in [2.45, 2.75) is 29.7 Å². The maximum absolute atomic E-state index is 5.96. The summed E-state index contributed by atoms with van der Waals surface area (Å²) in [4.78, 5) is 2.47. The Balaban J connectivity index is 1.43. The Kier molecular flexibility index (Phi) is 7.59. The molecule has 0 aliphatic carbocycles. The summed E-state index contributed by atoms with van der Waals surface area (Å²) >= 11 is 3.75. The molecule has 3 rings (SSSR count). The van der Waals surface area contributed by atoms with Gasteiger partial charge in [-0.15, -0.1) is 23.5 Å². The Morgan fingerprint density at radius 2 is 2.04 bits per heavy atom. The van der Waals surface area contributed by atoms with Crippen molar-refractivity contribution in [2.75, 3.05) is 31.3 Å². The highest BCUT2D eigenvalue weighted by molar-refractivity contribution is 7.99. The highest BCUT2D eigenvalue weighted by Crippen LogP contribution is 2.32. The lowest BCUT2D eigenvalue weighted by Gasteiger charge is -2.19. The largest absolute Gasteiger partial charge is 0.493 e. The van der Waals surface area contributed by atoms with Crippen molar-refractivity contribution in [3.63, 3.8) is 0 Å². The maximum Gasteiger partial charge on any atom is 0.132 e. The Bertz CT molecular complexity index is 668. The number of hydrogen-bond donors (Lipinski definition) is 1. The number of thioether (sulfide) groups is 2. The first-order valence-electron chi connectivity index (χ1n) is 9.19. The molecule has 3 nitrogen and oxygen atoms in total. The van der Waals surface area contributed by atoms with Gasteiger partial charge in [0.05, 0.1) is 12.6 Å². The molecule has 1 aliphatic heterocycles. The van der Waals surface area contributed by atoms with E-state index in [4.69, 9.17) is 9.47 Å². The van der Waals surface area contributed by atoms with Crippen LogP contribution in [-0.2, 0) is 0 Å². The molecule has 2 atom stereocenters. The fourth-order valence-electron chi connectivity index (χ4n) is 2.74. The molecule has 0 radical (unpaired) electrons. The van der Waals surface area contributed by atoms with E-state index in [1.54, 1.807) is 0 Å². The van der Waals surface area contributed by atoms with Gasteiger partial charge in [-0.25, -0.2) is 0 Å². The van der Waals surface area contributed by atoms with Crippen LogP contribution in [0.5, 0.6) is 11.5 Å². The third-order valence-electron chi connectivity index (χ3n) is 4.16. The monoisotopic (exact) mass is 389 g/mol. The van der Waals surface area contributed by atoms with Crippen LogP contribution in [0.1, 0.15) is 13.8 Å². The van der Waals surface area contributed by atoms with Crippen LogP contribution in [0, 0.1) is 5.92 Å². The third-order valence-corrected chi connectivity index (χ3v) is 6.76. The lowest BCUT2D eigenvalue weighted by molar-refractivity contribution is 0.270. The molecule has 0 saturated heterocycles. The molecule has 1 aliphatic rings. The van der Waals surface area contributed by atoms with Crippen LogP contribution < -0.4 is 14.8 Å². The number of ether oxygens (including phenoxy) is 2. The number of rotatable bonds is 8. The van der Waals surface area contributed by atoms with Gasteiger partial charge < -0.3 is 14.8 Å². The summed E-state index contributed by atoms with van der Waals surface area (Å²) in [6.07, 6.45) is 0. The SMILES string of the molecule is CCOc1ccccc1SC[C@@H](C)CN[C@@H]1COc2ccccc2SC1. The highest BCUT2D eigenvalue weighted by atomic mass is 32.2. The van der Waals surface area contributed by atoms with Crippen molar-refractivity contribution >= 4 is 23.5 Å². The predicted octanol–water partition coefficient (Wildman–Crippen LogP) is 4.96. The Hall–Kier alpha value is -1.30. The first-order valence-corrected chi connectivity index (χ1v) is 11.2. The second-order valence-electron chi connectivity index (χ2n) is 6.47. The van der Waals surface area contributed by atoms with Gasteiger partial charge in [0.2, 0.25) is 0 Å². The molecule has 1 heterocycles. The summed E-state index contributed by atoms with van der Waals surface area (Å²) < 4.78 is 11.7. The molecular weight excluding hydrogens is 362 g/mol. The average molecular weight is 390 g/mol. The van der Waals surface area contributed by atoms with Crippen LogP contribution in [0.15, 0.2) is 58.3 Å². The molecule has 0 amide bonds. The molecule has 26 heavy (non-hydrogen) atoms. The number of fused-ring (bicyclic) bond motifs is 1. The van der Waals surface area contributed by atoms with Gasteiger partial charge in [0, 0.05) is 21.3 Å². The van der Waals surface area contributed by atoms with Crippen molar-refractivity contribution in [3.8, 4) is 11.5 Å². The van der Waals surface area contributed by atoms with E-state index in [9.17, 15) is 0 Å². The van der Waals surface area contributed by atoms with Gasteiger partial charge >= 0.3 is 0 Å². The Morgan fingerprint density at radius 3 is 2.92 bits per heavy atom. The smallest absolute Gasteiger partial charge is 0.132 e. The van der Waals surface area contributed by atoms with Crippen LogP contribution in [0.4, 0.5) is 0 Å². The lowest BCUT2D eigenvalue weighted by Crippen LogP contribution is -2.39. The van der Waals surface area contributed by atoms with Crippen LogP contribution >= 0.6 is 23.5 Å². The van der Waals surface area contributed by atoms with Crippen molar-refractivity contribution in [1.82, 2.24) is 5.32 Å². The summed E-state index contributed by atoms with van der Waals surface area (Å²) in [7, 11) is 0. The number of benzene rings is 2. The molecule has 0 unspecified atom stereocenters. The zero-order valence-corrected chi connectivity index (χ0v) is 17.1. The first kappa shape index (κ1) is 19.5. The normalized spacial score (nSPS) is 17.7. The molecule has 1 N–H and O–H groups in total. The van der Waals surface area contributed by atoms with E-state index in [2.05, 4.69) is 42.6 Å². The van der Waals surface area contributed by atoms with Gasteiger partial charge in [0.15, 0.2) is 0 Å². The van der Waals surface area contributed by atoms with Crippen molar-refractivity contribution < 1.29 is 9.47 Å². The molecule has 0 aromatic heterocycles. The molecule has 2 aromatic carbocycles. The lowest BCUT2D eigenvalue weighted by atomic mass is 10.2. The third kappa shape index (κ3) is 5.60.